The number of para-hydroxylation sites is 3. The van der Waals surface area contributed by atoms with Gasteiger partial charge < -0.3 is 5.32 Å². The van der Waals surface area contributed by atoms with E-state index in [0.717, 1.165) is 21.7 Å². The Morgan fingerprint density at radius 3 is 2.59 bits per heavy atom. The van der Waals surface area contributed by atoms with Gasteiger partial charge in [0.05, 0.1) is 22.4 Å². The Morgan fingerprint density at radius 2 is 1.81 bits per heavy atom. The molecule has 4 N–H and O–H groups in total. The number of amides is 2. The lowest BCUT2D eigenvalue weighted by molar-refractivity contribution is 0.262. The van der Waals surface area contributed by atoms with Crippen LogP contribution in [0.2, 0.25) is 0 Å². The number of primary sulfonamides is 1. The van der Waals surface area contributed by atoms with Crippen LogP contribution in [-0.2, 0) is 10.0 Å². The highest BCUT2D eigenvalue weighted by Gasteiger charge is 2.18. The summed E-state index contributed by atoms with van der Waals surface area (Å²) >= 11 is 1.34. The first-order valence-electron chi connectivity index (χ1n) is 7.91. The fraction of sp³-hybridized carbons (Fsp3) is 0.0588. The van der Waals surface area contributed by atoms with Gasteiger partial charge in [0.15, 0.2) is 4.96 Å². The van der Waals surface area contributed by atoms with Crippen LogP contribution in [0.5, 0.6) is 0 Å². The Balaban J connectivity index is 1.64. The zero-order chi connectivity index (χ0) is 19.2. The smallest absolute Gasteiger partial charge is 0.306 e. The molecule has 138 valence electrons. The van der Waals surface area contributed by atoms with Crippen LogP contribution in [0.3, 0.4) is 0 Å². The summed E-state index contributed by atoms with van der Waals surface area (Å²) in [5.41, 5.74) is 2.78. The number of nitrogens with zero attached hydrogens (tertiary/aromatic N) is 2. The molecule has 0 aliphatic rings. The molecule has 2 amide bonds. The first-order chi connectivity index (χ1) is 12.8. The van der Waals surface area contributed by atoms with Crippen LogP contribution in [0.25, 0.3) is 16.0 Å². The van der Waals surface area contributed by atoms with Crippen LogP contribution < -0.4 is 15.8 Å². The van der Waals surface area contributed by atoms with Crippen molar-refractivity contribution in [2.24, 2.45) is 5.14 Å². The van der Waals surface area contributed by atoms with E-state index in [1.54, 1.807) is 6.07 Å². The van der Waals surface area contributed by atoms with E-state index in [1.165, 1.54) is 29.5 Å². The fourth-order valence-electron chi connectivity index (χ4n) is 2.85. The van der Waals surface area contributed by atoms with Crippen LogP contribution >= 0.6 is 11.3 Å². The maximum Gasteiger partial charge on any atom is 0.324 e. The van der Waals surface area contributed by atoms with E-state index in [4.69, 9.17) is 5.14 Å². The average Bonchev–Trinajstić information content (AvgIpc) is 3.11. The minimum absolute atomic E-state index is 0.113. The van der Waals surface area contributed by atoms with Gasteiger partial charge in [-0.2, -0.15) is 0 Å². The summed E-state index contributed by atoms with van der Waals surface area (Å²) in [6, 6.07) is 13.1. The summed E-state index contributed by atoms with van der Waals surface area (Å²) in [6.45, 7) is 1.88. The van der Waals surface area contributed by atoms with Crippen LogP contribution in [0, 0.1) is 6.92 Å². The van der Waals surface area contributed by atoms with Gasteiger partial charge in [0.2, 0.25) is 10.0 Å². The number of carbonyl (C=O) groups excluding carboxylic acids is 1. The van der Waals surface area contributed by atoms with Gasteiger partial charge in [0, 0.05) is 0 Å². The van der Waals surface area contributed by atoms with Crippen molar-refractivity contribution in [2.75, 3.05) is 10.6 Å². The van der Waals surface area contributed by atoms with E-state index in [2.05, 4.69) is 15.6 Å². The molecule has 4 aromatic rings. The first-order valence-corrected chi connectivity index (χ1v) is 10.3. The van der Waals surface area contributed by atoms with Crippen molar-refractivity contribution in [3.8, 4) is 0 Å². The number of aryl methyl sites for hydroxylation is 1. The molecule has 0 aliphatic carbocycles. The molecule has 0 spiro atoms. The standard InChI is InChI=1S/C17H15N5O3S2/c1-10-15(26-17-20-11-6-2-4-8-13(11)22(10)17)21-16(23)19-12-7-3-5-9-14(12)27(18,24)25/h2-9H,1H3,(H2,18,24,25)(H2,19,21,23). The largest absolute Gasteiger partial charge is 0.324 e. The molecule has 0 saturated carbocycles. The van der Waals surface area contributed by atoms with Crippen molar-refractivity contribution in [1.29, 1.82) is 0 Å². The molecule has 0 radical (unpaired) electrons. The Morgan fingerprint density at radius 1 is 1.11 bits per heavy atom. The number of benzene rings is 2. The third-order valence-corrected chi connectivity index (χ3v) is 6.08. The molecule has 0 bridgehead atoms. The van der Waals surface area contributed by atoms with Crippen LogP contribution in [-0.4, -0.2) is 23.8 Å². The summed E-state index contributed by atoms with van der Waals surface area (Å²) in [5, 5.41) is 11.1. The number of fused-ring (bicyclic) bond motifs is 3. The molecule has 2 aromatic carbocycles. The van der Waals surface area contributed by atoms with E-state index < -0.39 is 16.1 Å². The molecular formula is C17H15N5O3S2. The zero-order valence-electron chi connectivity index (χ0n) is 14.1. The summed E-state index contributed by atoms with van der Waals surface area (Å²) in [4.78, 5) is 17.6. The predicted octanol–water partition coefficient (Wildman–Crippen LogP) is 3.15. The van der Waals surface area contributed by atoms with Gasteiger partial charge in [-0.1, -0.05) is 35.6 Å². The second kappa shape index (κ2) is 6.34. The van der Waals surface area contributed by atoms with Crippen molar-refractivity contribution < 1.29 is 13.2 Å². The molecule has 10 heteroatoms. The van der Waals surface area contributed by atoms with E-state index >= 15 is 0 Å². The molecule has 0 atom stereocenters. The quantitative estimate of drug-likeness (QED) is 0.488. The number of carbonyl (C=O) groups is 1. The molecule has 2 aromatic heterocycles. The third-order valence-electron chi connectivity index (χ3n) is 4.06. The molecule has 2 heterocycles. The van der Waals surface area contributed by atoms with Crippen LogP contribution in [0.4, 0.5) is 15.5 Å². The molecule has 4 rings (SSSR count). The number of hydrogen-bond donors (Lipinski definition) is 3. The Kier molecular flexibility index (Phi) is 4.10. The van der Waals surface area contributed by atoms with E-state index in [-0.39, 0.29) is 10.6 Å². The minimum Gasteiger partial charge on any atom is -0.306 e. The summed E-state index contributed by atoms with van der Waals surface area (Å²) in [7, 11) is -3.95. The number of hydrogen-bond acceptors (Lipinski definition) is 5. The van der Waals surface area contributed by atoms with Gasteiger partial charge in [-0.05, 0) is 31.2 Å². The van der Waals surface area contributed by atoms with Gasteiger partial charge in [0.1, 0.15) is 9.90 Å². The number of nitrogens with two attached hydrogens (primary N) is 1. The number of anilines is 2. The normalized spacial score (nSPS) is 11.8. The first kappa shape index (κ1) is 17.5. The van der Waals surface area contributed by atoms with Crippen molar-refractivity contribution in [2.45, 2.75) is 11.8 Å². The molecule has 0 fully saturated rings. The van der Waals surface area contributed by atoms with Gasteiger partial charge in [-0.25, -0.2) is 23.3 Å². The SMILES string of the molecule is Cc1c(NC(=O)Nc2ccccc2S(N)(=O)=O)sc2nc3ccccc3n12. The van der Waals surface area contributed by atoms with E-state index in [1.807, 2.05) is 35.6 Å². The monoisotopic (exact) mass is 401 g/mol. The molecule has 8 nitrogen and oxygen atoms in total. The van der Waals surface area contributed by atoms with Crippen molar-refractivity contribution in [1.82, 2.24) is 9.38 Å². The lowest BCUT2D eigenvalue weighted by Crippen LogP contribution is -2.22. The number of urea groups is 1. The summed E-state index contributed by atoms with van der Waals surface area (Å²) in [5.74, 6) is 0. The van der Waals surface area contributed by atoms with E-state index in [0.29, 0.717) is 5.00 Å². The van der Waals surface area contributed by atoms with Crippen LogP contribution in [0.1, 0.15) is 5.69 Å². The maximum atomic E-state index is 12.4. The third kappa shape index (κ3) is 3.14. The highest BCUT2D eigenvalue weighted by molar-refractivity contribution is 7.89. The molecule has 27 heavy (non-hydrogen) atoms. The number of thiazole rings is 1. The highest BCUT2D eigenvalue weighted by atomic mass is 32.2. The summed E-state index contributed by atoms with van der Waals surface area (Å²) < 4.78 is 25.3. The maximum absolute atomic E-state index is 12.4. The number of rotatable bonds is 3. The Hall–Kier alpha value is -2.95. The zero-order valence-corrected chi connectivity index (χ0v) is 15.8. The van der Waals surface area contributed by atoms with Gasteiger partial charge in [0.25, 0.3) is 0 Å². The Bertz CT molecular complexity index is 1290. The molecular weight excluding hydrogens is 386 g/mol. The van der Waals surface area contributed by atoms with E-state index in [9.17, 15) is 13.2 Å². The number of imidazole rings is 1. The average molecular weight is 401 g/mol. The predicted molar refractivity (Wildman–Crippen MR) is 106 cm³/mol. The van der Waals surface area contributed by atoms with Crippen molar-refractivity contribution in [3.05, 3.63) is 54.2 Å². The van der Waals surface area contributed by atoms with Gasteiger partial charge in [-0.15, -0.1) is 0 Å². The second-order valence-corrected chi connectivity index (χ2v) is 8.36. The lowest BCUT2D eigenvalue weighted by Gasteiger charge is -2.10. The number of sulfonamides is 1. The molecule has 0 saturated heterocycles. The van der Waals surface area contributed by atoms with Gasteiger partial charge in [-0.3, -0.25) is 9.72 Å². The second-order valence-electron chi connectivity index (χ2n) is 5.86. The topological polar surface area (TPSA) is 119 Å². The minimum atomic E-state index is -3.95. The van der Waals surface area contributed by atoms with Crippen molar-refractivity contribution >= 4 is 54.1 Å². The lowest BCUT2D eigenvalue weighted by atomic mass is 10.3. The van der Waals surface area contributed by atoms with Gasteiger partial charge >= 0.3 is 6.03 Å². The molecule has 0 unspecified atom stereocenters. The molecule has 0 aliphatic heterocycles. The number of nitrogens with one attached hydrogen (secondary N) is 2. The summed E-state index contributed by atoms with van der Waals surface area (Å²) in [6.07, 6.45) is 0. The van der Waals surface area contributed by atoms with Crippen molar-refractivity contribution in [3.63, 3.8) is 0 Å². The fourth-order valence-corrected chi connectivity index (χ4v) is 4.58. The number of aromatic nitrogens is 2. The highest BCUT2D eigenvalue weighted by Crippen LogP contribution is 2.31. The Labute approximate surface area is 158 Å². The van der Waals surface area contributed by atoms with Crippen LogP contribution in [0.15, 0.2) is 53.4 Å².